The highest BCUT2D eigenvalue weighted by Crippen LogP contribution is 2.67. The van der Waals surface area contributed by atoms with Gasteiger partial charge in [0.15, 0.2) is 0 Å². The fraction of sp³-hybridized carbons (Fsp3) is 0.426. The molecule has 0 saturated heterocycles. The number of carbonyl (C=O) groups is 1. The van der Waals surface area contributed by atoms with E-state index in [1.165, 1.54) is 67.6 Å². The molecule has 3 aliphatic rings. The lowest BCUT2D eigenvalue weighted by molar-refractivity contribution is -0.137. The quantitative estimate of drug-likeness (QED) is 0.104. The second-order valence-electron chi connectivity index (χ2n) is 18.6. The lowest BCUT2D eigenvalue weighted by Gasteiger charge is -2.55. The third-order valence-corrected chi connectivity index (χ3v) is 11.8. The monoisotopic (exact) mass is 697 g/mol. The predicted octanol–water partition coefficient (Wildman–Crippen LogP) is 12.0. The Bertz CT molecular complexity index is 2010. The SMILES string of the molecule is C=CC(=O)OCCCOc1ccc(Oc2cc3c4c(c2)C(C)(C)c2cc(C(C)(C)C)cc5c2N4c2c(cc(C(C)(C)C)cc2C5(C)C)C3(C)C)cc1. The molecule has 0 aromatic heterocycles. The molecule has 0 saturated carbocycles. The number of hydrogen-bond donors (Lipinski definition) is 0. The molecule has 0 fully saturated rings. The number of esters is 1. The summed E-state index contributed by atoms with van der Waals surface area (Å²) >= 11 is 0. The maximum Gasteiger partial charge on any atom is 0.330 e. The Hall–Kier alpha value is -4.51. The van der Waals surface area contributed by atoms with Gasteiger partial charge in [-0.1, -0.05) is 114 Å². The molecule has 0 unspecified atom stereocenters. The first-order chi connectivity index (χ1) is 24.2. The second kappa shape index (κ2) is 11.7. The fourth-order valence-corrected chi connectivity index (χ4v) is 8.37. The first-order valence-electron chi connectivity index (χ1n) is 18.8. The van der Waals surface area contributed by atoms with Crippen molar-refractivity contribution in [3.05, 3.63) is 118 Å². The van der Waals surface area contributed by atoms with Crippen molar-refractivity contribution >= 4 is 23.0 Å². The van der Waals surface area contributed by atoms with Gasteiger partial charge in [-0.15, -0.1) is 0 Å². The van der Waals surface area contributed by atoms with Crippen LogP contribution in [-0.4, -0.2) is 19.2 Å². The van der Waals surface area contributed by atoms with E-state index in [9.17, 15) is 4.79 Å². The highest BCUT2D eigenvalue weighted by molar-refractivity contribution is 5.99. The second-order valence-corrected chi connectivity index (χ2v) is 18.6. The fourth-order valence-electron chi connectivity index (χ4n) is 8.37. The Morgan fingerprint density at radius 3 is 1.38 bits per heavy atom. The minimum Gasteiger partial charge on any atom is -0.493 e. The van der Waals surface area contributed by atoms with E-state index in [2.05, 4.69) is 131 Å². The lowest BCUT2D eigenvalue weighted by atomic mass is 9.59. The average Bonchev–Trinajstić information content (AvgIpc) is 3.06. The summed E-state index contributed by atoms with van der Waals surface area (Å²) in [5, 5.41) is 0. The maximum atomic E-state index is 11.3. The Labute approximate surface area is 311 Å². The molecule has 52 heavy (non-hydrogen) atoms. The third-order valence-electron chi connectivity index (χ3n) is 11.8. The summed E-state index contributed by atoms with van der Waals surface area (Å²) in [6.45, 7) is 32.6. The summed E-state index contributed by atoms with van der Waals surface area (Å²) < 4.78 is 17.7. The molecular formula is C47H55NO4. The highest BCUT2D eigenvalue weighted by Gasteiger charge is 2.52. The minimum absolute atomic E-state index is 0.00905. The molecule has 0 N–H and O–H groups in total. The summed E-state index contributed by atoms with van der Waals surface area (Å²) in [6.07, 6.45) is 1.77. The van der Waals surface area contributed by atoms with Crippen LogP contribution in [0.3, 0.4) is 0 Å². The van der Waals surface area contributed by atoms with Gasteiger partial charge in [-0.2, -0.15) is 0 Å². The number of rotatable bonds is 8. The molecule has 5 nitrogen and oxygen atoms in total. The molecule has 0 spiro atoms. The van der Waals surface area contributed by atoms with Crippen LogP contribution < -0.4 is 14.4 Å². The van der Waals surface area contributed by atoms with E-state index in [-0.39, 0.29) is 27.1 Å². The van der Waals surface area contributed by atoms with Crippen molar-refractivity contribution in [1.82, 2.24) is 0 Å². The number of nitrogens with zero attached hydrogens (tertiary/aromatic N) is 1. The van der Waals surface area contributed by atoms with Crippen LogP contribution in [0.5, 0.6) is 17.2 Å². The van der Waals surface area contributed by atoms with Gasteiger partial charge in [-0.25, -0.2) is 4.79 Å². The van der Waals surface area contributed by atoms with Gasteiger partial charge in [-0.05, 0) is 91.7 Å². The molecule has 3 aliphatic heterocycles. The Balaban J connectivity index is 1.36. The van der Waals surface area contributed by atoms with E-state index in [0.29, 0.717) is 19.6 Å². The van der Waals surface area contributed by atoms with Gasteiger partial charge >= 0.3 is 5.97 Å². The van der Waals surface area contributed by atoms with E-state index in [0.717, 1.165) is 17.2 Å². The van der Waals surface area contributed by atoms with Gasteiger partial charge in [0.25, 0.3) is 0 Å². The summed E-state index contributed by atoms with van der Waals surface area (Å²) in [5.74, 6) is 1.90. The smallest absolute Gasteiger partial charge is 0.330 e. The van der Waals surface area contributed by atoms with E-state index in [4.69, 9.17) is 14.2 Å². The van der Waals surface area contributed by atoms with E-state index >= 15 is 0 Å². The number of ether oxygens (including phenoxy) is 3. The van der Waals surface area contributed by atoms with Crippen LogP contribution in [-0.2, 0) is 36.6 Å². The summed E-state index contributed by atoms with van der Waals surface area (Å²) in [5.41, 5.74) is 14.1. The number of hydrogen-bond acceptors (Lipinski definition) is 5. The minimum atomic E-state index is -0.420. The lowest BCUT2D eigenvalue weighted by Crippen LogP contribution is -2.44. The van der Waals surface area contributed by atoms with E-state index in [1.54, 1.807) is 0 Å². The van der Waals surface area contributed by atoms with Crippen molar-refractivity contribution in [2.24, 2.45) is 0 Å². The molecule has 0 bridgehead atoms. The average molecular weight is 698 g/mol. The van der Waals surface area contributed by atoms with Crippen molar-refractivity contribution in [1.29, 1.82) is 0 Å². The summed E-state index contributed by atoms with van der Waals surface area (Å²) in [6, 6.07) is 22.3. The molecule has 3 heterocycles. The van der Waals surface area contributed by atoms with Gasteiger partial charge in [0.2, 0.25) is 0 Å². The molecule has 0 radical (unpaired) electrons. The Kier molecular flexibility index (Phi) is 8.11. The molecule has 4 aromatic rings. The summed E-state index contributed by atoms with van der Waals surface area (Å²) in [4.78, 5) is 13.9. The molecule has 272 valence electrons. The standard InChI is InChI=1S/C47H55NO4/c1-14-39(49)51-21-15-20-50-30-16-18-31(19-17-30)52-32-26-37-42-38(27-32)47(12,13)36-25-29(44(5,6)7)23-34-41(36)48(42)40-33(45(34,8)9)22-28(43(2,3)4)24-35(40)46(37,10)11/h14,16-19,22-27H,1,15,20-21H2,2-13H3. The number of carbonyl (C=O) groups excluding carboxylic acids is 1. The zero-order valence-electron chi connectivity index (χ0n) is 33.3. The van der Waals surface area contributed by atoms with Crippen LogP contribution in [0.4, 0.5) is 17.1 Å². The normalized spacial score (nSPS) is 16.9. The largest absolute Gasteiger partial charge is 0.493 e. The molecule has 4 aromatic carbocycles. The molecule has 7 rings (SSSR count). The highest BCUT2D eigenvalue weighted by atomic mass is 16.5. The van der Waals surface area contributed by atoms with Gasteiger partial charge in [-0.3, -0.25) is 0 Å². The van der Waals surface area contributed by atoms with Gasteiger partial charge in [0, 0.05) is 28.7 Å². The predicted molar refractivity (Wildman–Crippen MR) is 213 cm³/mol. The number of anilines is 3. The van der Waals surface area contributed by atoms with Crippen LogP contribution in [0, 0.1) is 0 Å². The summed E-state index contributed by atoms with van der Waals surface area (Å²) in [7, 11) is 0. The third kappa shape index (κ3) is 5.54. The van der Waals surface area contributed by atoms with Crippen molar-refractivity contribution in [2.45, 2.75) is 117 Å². The molecule has 5 heteroatoms. The number of benzene rings is 4. The van der Waals surface area contributed by atoms with Gasteiger partial charge < -0.3 is 19.1 Å². The first-order valence-corrected chi connectivity index (χ1v) is 18.8. The topological polar surface area (TPSA) is 48.0 Å². The van der Waals surface area contributed by atoms with Gasteiger partial charge in [0.05, 0.1) is 30.3 Å². The van der Waals surface area contributed by atoms with Crippen LogP contribution >= 0.6 is 0 Å². The Morgan fingerprint density at radius 2 is 1.00 bits per heavy atom. The molecule has 0 amide bonds. The van der Waals surface area contributed by atoms with Crippen molar-refractivity contribution in [2.75, 3.05) is 18.1 Å². The van der Waals surface area contributed by atoms with Gasteiger partial charge in [0.1, 0.15) is 17.2 Å². The molecular weight excluding hydrogens is 643 g/mol. The molecule has 0 aliphatic carbocycles. The van der Waals surface area contributed by atoms with Crippen molar-refractivity contribution in [3.8, 4) is 17.2 Å². The first kappa shape index (κ1) is 35.9. The maximum absolute atomic E-state index is 11.3. The molecule has 0 atom stereocenters. The zero-order valence-corrected chi connectivity index (χ0v) is 33.3. The Morgan fingerprint density at radius 1 is 0.615 bits per heavy atom. The van der Waals surface area contributed by atoms with E-state index < -0.39 is 5.97 Å². The van der Waals surface area contributed by atoms with Crippen molar-refractivity contribution in [3.63, 3.8) is 0 Å². The van der Waals surface area contributed by atoms with Crippen LogP contribution in [0.2, 0.25) is 0 Å². The van der Waals surface area contributed by atoms with E-state index in [1.807, 2.05) is 24.3 Å². The van der Waals surface area contributed by atoms with Crippen molar-refractivity contribution < 1.29 is 19.0 Å². The zero-order chi connectivity index (χ0) is 37.8. The van der Waals surface area contributed by atoms with Crippen LogP contribution in [0.25, 0.3) is 0 Å². The van der Waals surface area contributed by atoms with Crippen LogP contribution in [0.1, 0.15) is 134 Å². The van der Waals surface area contributed by atoms with Crippen LogP contribution in [0.15, 0.2) is 73.3 Å².